The lowest BCUT2D eigenvalue weighted by atomic mass is 10.1. The fourth-order valence-electron chi connectivity index (χ4n) is 4.06. The second-order valence-electron chi connectivity index (χ2n) is 9.07. The first kappa shape index (κ1) is 26.5. The van der Waals surface area contributed by atoms with Gasteiger partial charge in [0.15, 0.2) is 5.76 Å². The third-order valence-corrected chi connectivity index (χ3v) is 6.24. The first-order chi connectivity index (χ1) is 18.8. The van der Waals surface area contributed by atoms with Crippen LogP contribution in [0.1, 0.15) is 42.6 Å². The Morgan fingerprint density at radius 3 is 2.54 bits per heavy atom. The first-order valence-corrected chi connectivity index (χ1v) is 12.5. The standard InChI is InChI=1S/C27H26F3N3O6/c1-2-18(15-36-19-5-3-16(4-6-19)24-32-26(39-33-24)27(28,29)30)31-25(34)23-14-17-13-21(7-8-22(17)38-23)37-20-9-11-35-12-10-20/h3-8,13-14,18,20H,2,9-12,15H2,1H3,(H,31,34). The highest BCUT2D eigenvalue weighted by atomic mass is 19.4. The Labute approximate surface area is 221 Å². The van der Waals surface area contributed by atoms with Gasteiger partial charge in [0, 0.05) is 23.8 Å². The van der Waals surface area contributed by atoms with E-state index in [4.69, 9.17) is 18.6 Å². The van der Waals surface area contributed by atoms with Gasteiger partial charge < -0.3 is 28.5 Å². The Kier molecular flexibility index (Phi) is 7.73. The van der Waals surface area contributed by atoms with Crippen molar-refractivity contribution in [2.24, 2.45) is 0 Å². The number of rotatable bonds is 9. The second kappa shape index (κ2) is 11.4. The average Bonchev–Trinajstić information content (AvgIpc) is 3.60. The molecule has 0 bridgehead atoms. The molecule has 0 radical (unpaired) electrons. The second-order valence-corrected chi connectivity index (χ2v) is 9.07. The number of alkyl halides is 3. The van der Waals surface area contributed by atoms with Gasteiger partial charge in [-0.3, -0.25) is 4.79 Å². The van der Waals surface area contributed by atoms with E-state index < -0.39 is 12.1 Å². The number of fused-ring (bicyclic) bond motifs is 1. The number of furan rings is 1. The largest absolute Gasteiger partial charge is 0.491 e. The van der Waals surface area contributed by atoms with Crippen LogP contribution in [0.2, 0.25) is 0 Å². The summed E-state index contributed by atoms with van der Waals surface area (Å²) in [5.41, 5.74) is 0.918. The van der Waals surface area contributed by atoms with E-state index in [0.29, 0.717) is 42.3 Å². The molecule has 1 atom stereocenters. The normalized spacial score (nSPS) is 15.3. The zero-order valence-corrected chi connectivity index (χ0v) is 21.0. The molecule has 3 heterocycles. The number of aromatic nitrogens is 2. The van der Waals surface area contributed by atoms with E-state index in [9.17, 15) is 18.0 Å². The average molecular weight is 546 g/mol. The molecular formula is C27H26F3N3O6. The number of hydrogen-bond donors (Lipinski definition) is 1. The molecule has 2 aromatic heterocycles. The van der Waals surface area contributed by atoms with Gasteiger partial charge in [-0.15, -0.1) is 0 Å². The minimum atomic E-state index is -4.71. The number of amides is 1. The van der Waals surface area contributed by atoms with E-state index >= 15 is 0 Å². The summed E-state index contributed by atoms with van der Waals surface area (Å²) in [6.07, 6.45) is -2.34. The predicted octanol–water partition coefficient (Wildman–Crippen LogP) is 5.65. The molecule has 5 rings (SSSR count). The van der Waals surface area contributed by atoms with Gasteiger partial charge in [-0.05, 0) is 55.0 Å². The molecule has 0 saturated carbocycles. The molecule has 1 amide bonds. The van der Waals surface area contributed by atoms with Crippen molar-refractivity contribution in [1.82, 2.24) is 15.5 Å². The molecule has 1 aliphatic heterocycles. The van der Waals surface area contributed by atoms with Gasteiger partial charge in [0.25, 0.3) is 5.91 Å². The minimum absolute atomic E-state index is 0.105. The Hall–Kier alpha value is -4.06. The number of halogens is 3. The third-order valence-electron chi connectivity index (χ3n) is 6.24. The molecule has 2 aromatic carbocycles. The maximum absolute atomic E-state index is 12.9. The van der Waals surface area contributed by atoms with Gasteiger partial charge in [0.2, 0.25) is 5.82 Å². The molecule has 9 nitrogen and oxygen atoms in total. The zero-order valence-electron chi connectivity index (χ0n) is 21.0. The fraction of sp³-hybridized carbons (Fsp3) is 0.370. The van der Waals surface area contributed by atoms with E-state index in [1.54, 1.807) is 24.3 Å². The van der Waals surface area contributed by atoms with Crippen molar-refractivity contribution >= 4 is 16.9 Å². The van der Waals surface area contributed by atoms with Gasteiger partial charge in [0.05, 0.1) is 19.3 Å². The molecule has 206 valence electrons. The van der Waals surface area contributed by atoms with Crippen molar-refractivity contribution in [2.45, 2.75) is 44.5 Å². The third kappa shape index (κ3) is 6.51. The molecule has 0 spiro atoms. The van der Waals surface area contributed by atoms with Crippen LogP contribution in [0.4, 0.5) is 13.2 Å². The Morgan fingerprint density at radius 2 is 1.85 bits per heavy atom. The predicted molar refractivity (Wildman–Crippen MR) is 132 cm³/mol. The van der Waals surface area contributed by atoms with Crippen molar-refractivity contribution in [3.05, 3.63) is 60.2 Å². The smallest absolute Gasteiger partial charge is 0.471 e. The lowest BCUT2D eigenvalue weighted by Gasteiger charge is -2.23. The van der Waals surface area contributed by atoms with Gasteiger partial charge in [-0.1, -0.05) is 12.1 Å². The van der Waals surface area contributed by atoms with Gasteiger partial charge in [-0.25, -0.2) is 0 Å². The molecule has 1 saturated heterocycles. The highest BCUT2D eigenvalue weighted by Crippen LogP contribution is 2.30. The molecule has 12 heteroatoms. The molecule has 0 aliphatic carbocycles. The van der Waals surface area contributed by atoms with Crippen LogP contribution in [-0.4, -0.2) is 48.0 Å². The molecule has 39 heavy (non-hydrogen) atoms. The molecule has 1 unspecified atom stereocenters. The summed E-state index contributed by atoms with van der Waals surface area (Å²) in [4.78, 5) is 16.2. The summed E-state index contributed by atoms with van der Waals surface area (Å²) in [5, 5.41) is 7.03. The van der Waals surface area contributed by atoms with E-state index in [2.05, 4.69) is 20.0 Å². The Balaban J connectivity index is 1.16. The van der Waals surface area contributed by atoms with Crippen molar-refractivity contribution < 1.29 is 41.1 Å². The van der Waals surface area contributed by atoms with Gasteiger partial charge in [0.1, 0.15) is 29.8 Å². The van der Waals surface area contributed by atoms with Crippen LogP contribution in [0.3, 0.4) is 0 Å². The fourth-order valence-corrected chi connectivity index (χ4v) is 4.06. The van der Waals surface area contributed by atoms with Gasteiger partial charge >= 0.3 is 12.1 Å². The molecule has 1 aliphatic rings. The van der Waals surface area contributed by atoms with Crippen molar-refractivity contribution in [3.63, 3.8) is 0 Å². The molecule has 1 N–H and O–H groups in total. The molecular weight excluding hydrogens is 519 g/mol. The highest BCUT2D eigenvalue weighted by Gasteiger charge is 2.38. The van der Waals surface area contributed by atoms with Crippen LogP contribution >= 0.6 is 0 Å². The Bertz CT molecular complexity index is 1410. The van der Waals surface area contributed by atoms with Gasteiger partial charge in [-0.2, -0.15) is 18.2 Å². The number of benzene rings is 2. The van der Waals surface area contributed by atoms with Crippen molar-refractivity contribution in [3.8, 4) is 22.9 Å². The van der Waals surface area contributed by atoms with Crippen LogP contribution in [0.5, 0.6) is 11.5 Å². The quantitative estimate of drug-likeness (QED) is 0.288. The minimum Gasteiger partial charge on any atom is -0.491 e. The molecule has 4 aromatic rings. The maximum atomic E-state index is 12.9. The summed E-state index contributed by atoms with van der Waals surface area (Å²) < 4.78 is 65.2. The van der Waals surface area contributed by atoms with Crippen LogP contribution in [0.25, 0.3) is 22.4 Å². The number of ether oxygens (including phenoxy) is 3. The number of nitrogens with one attached hydrogen (secondary N) is 1. The number of hydrogen-bond acceptors (Lipinski definition) is 8. The van der Waals surface area contributed by atoms with Crippen LogP contribution in [0, 0.1) is 0 Å². The van der Waals surface area contributed by atoms with Crippen LogP contribution in [-0.2, 0) is 10.9 Å². The number of nitrogens with zero attached hydrogens (tertiary/aromatic N) is 2. The van der Waals surface area contributed by atoms with Crippen LogP contribution in [0.15, 0.2) is 57.5 Å². The summed E-state index contributed by atoms with van der Waals surface area (Å²) >= 11 is 0. The lowest BCUT2D eigenvalue weighted by molar-refractivity contribution is -0.159. The first-order valence-electron chi connectivity index (χ1n) is 12.5. The van der Waals surface area contributed by atoms with E-state index in [1.165, 1.54) is 12.1 Å². The number of carbonyl (C=O) groups is 1. The summed E-state index contributed by atoms with van der Waals surface area (Å²) in [5.74, 6) is -0.607. The summed E-state index contributed by atoms with van der Waals surface area (Å²) in [6.45, 7) is 3.45. The lowest BCUT2D eigenvalue weighted by Crippen LogP contribution is -2.38. The number of carbonyl (C=O) groups excluding carboxylic acids is 1. The van der Waals surface area contributed by atoms with Crippen LogP contribution < -0.4 is 14.8 Å². The topological polar surface area (TPSA) is 109 Å². The molecule has 1 fully saturated rings. The van der Waals surface area contributed by atoms with Crippen molar-refractivity contribution in [2.75, 3.05) is 19.8 Å². The van der Waals surface area contributed by atoms with E-state index in [0.717, 1.165) is 18.2 Å². The zero-order chi connectivity index (χ0) is 27.4. The van der Waals surface area contributed by atoms with E-state index in [1.807, 2.05) is 19.1 Å². The van der Waals surface area contributed by atoms with Crippen molar-refractivity contribution in [1.29, 1.82) is 0 Å². The SMILES string of the molecule is CCC(COc1ccc(-c2noc(C(F)(F)F)n2)cc1)NC(=O)c1cc2cc(OC3CCOCC3)ccc2o1. The van der Waals surface area contributed by atoms with E-state index in [-0.39, 0.29) is 36.2 Å². The summed E-state index contributed by atoms with van der Waals surface area (Å²) in [6, 6.07) is 13.0. The summed E-state index contributed by atoms with van der Waals surface area (Å²) in [7, 11) is 0. The highest BCUT2D eigenvalue weighted by molar-refractivity contribution is 5.96. The Morgan fingerprint density at radius 1 is 1.10 bits per heavy atom. The maximum Gasteiger partial charge on any atom is 0.471 e. The monoisotopic (exact) mass is 545 g/mol.